The number of benzene rings is 1. The van der Waals surface area contributed by atoms with Crippen LogP contribution in [0, 0.1) is 21.8 Å². The highest BCUT2D eigenvalue weighted by atomic mass is 32.2. The van der Waals surface area contributed by atoms with Gasteiger partial charge in [0.15, 0.2) is 4.90 Å². The molecule has 1 aromatic carbocycles. The molecular formula is C12H16FN3O4S. The third-order valence-electron chi connectivity index (χ3n) is 3.50. The summed E-state index contributed by atoms with van der Waals surface area (Å²) in [5, 5.41) is 14.0. The normalized spacial score (nSPS) is 23.0. The molecule has 0 saturated carbocycles. The summed E-state index contributed by atoms with van der Waals surface area (Å²) in [5.74, 6) is -1.11. The number of nitro groups is 1. The van der Waals surface area contributed by atoms with Crippen molar-refractivity contribution < 1.29 is 17.7 Å². The summed E-state index contributed by atoms with van der Waals surface area (Å²) in [5.41, 5.74) is -0.760. The van der Waals surface area contributed by atoms with Crippen molar-refractivity contribution in [3.05, 3.63) is 34.1 Å². The molecule has 0 bridgehead atoms. The molecule has 7 nitrogen and oxygen atoms in total. The maximum absolute atomic E-state index is 13.8. The molecule has 116 valence electrons. The Morgan fingerprint density at radius 3 is 2.81 bits per heavy atom. The average Bonchev–Trinajstić information content (AvgIpc) is 2.40. The van der Waals surface area contributed by atoms with E-state index in [1.807, 2.05) is 6.92 Å². The fourth-order valence-electron chi connectivity index (χ4n) is 2.35. The predicted octanol–water partition coefficient (Wildman–Crippen LogP) is 1.01. The minimum absolute atomic E-state index is 0.0133. The highest BCUT2D eigenvalue weighted by molar-refractivity contribution is 7.89. The minimum atomic E-state index is -4.29. The fourth-order valence-corrected chi connectivity index (χ4v) is 3.96. The summed E-state index contributed by atoms with van der Waals surface area (Å²) in [7, 11) is -4.29. The van der Waals surface area contributed by atoms with Gasteiger partial charge < -0.3 is 5.32 Å². The van der Waals surface area contributed by atoms with Gasteiger partial charge in [0, 0.05) is 12.1 Å². The van der Waals surface area contributed by atoms with Crippen molar-refractivity contribution in [2.75, 3.05) is 13.1 Å². The van der Waals surface area contributed by atoms with Gasteiger partial charge in [0.25, 0.3) is 15.7 Å². The van der Waals surface area contributed by atoms with Crippen LogP contribution in [-0.4, -0.2) is 32.5 Å². The molecule has 1 aliphatic heterocycles. The van der Waals surface area contributed by atoms with Gasteiger partial charge in [-0.25, -0.2) is 17.5 Å². The van der Waals surface area contributed by atoms with Crippen LogP contribution in [0.2, 0.25) is 0 Å². The van der Waals surface area contributed by atoms with E-state index in [2.05, 4.69) is 10.0 Å². The van der Waals surface area contributed by atoms with E-state index in [0.29, 0.717) is 19.5 Å². The number of hydrogen-bond acceptors (Lipinski definition) is 5. The molecule has 2 N–H and O–H groups in total. The van der Waals surface area contributed by atoms with Gasteiger partial charge in [-0.05, 0) is 31.5 Å². The minimum Gasteiger partial charge on any atom is -0.316 e. The van der Waals surface area contributed by atoms with Crippen LogP contribution in [0.15, 0.2) is 23.1 Å². The number of rotatable bonds is 4. The van der Waals surface area contributed by atoms with Crippen LogP contribution in [0.1, 0.15) is 13.3 Å². The lowest BCUT2D eigenvalue weighted by atomic mass is 9.97. The molecule has 9 heteroatoms. The Morgan fingerprint density at radius 2 is 2.19 bits per heavy atom. The topological polar surface area (TPSA) is 101 Å². The summed E-state index contributed by atoms with van der Waals surface area (Å²) in [6, 6.07) is 2.60. The summed E-state index contributed by atoms with van der Waals surface area (Å²) >= 11 is 0. The van der Waals surface area contributed by atoms with Gasteiger partial charge >= 0.3 is 0 Å². The monoisotopic (exact) mass is 317 g/mol. The van der Waals surface area contributed by atoms with Crippen LogP contribution in [0.25, 0.3) is 0 Å². The van der Waals surface area contributed by atoms with E-state index in [-0.39, 0.29) is 12.0 Å². The molecule has 2 rings (SSSR count). The third kappa shape index (κ3) is 3.36. The smallest absolute Gasteiger partial charge is 0.292 e. The van der Waals surface area contributed by atoms with Crippen LogP contribution >= 0.6 is 0 Å². The molecule has 1 heterocycles. The van der Waals surface area contributed by atoms with E-state index in [1.54, 1.807) is 0 Å². The molecule has 2 atom stereocenters. The van der Waals surface area contributed by atoms with Crippen molar-refractivity contribution in [3.63, 3.8) is 0 Å². The predicted molar refractivity (Wildman–Crippen MR) is 73.8 cm³/mol. The Hall–Kier alpha value is -1.58. The zero-order valence-corrected chi connectivity index (χ0v) is 12.2. The van der Waals surface area contributed by atoms with Crippen molar-refractivity contribution in [2.45, 2.75) is 24.3 Å². The number of halogens is 1. The summed E-state index contributed by atoms with van der Waals surface area (Å²) in [6.07, 6.45) is 0.544. The standard InChI is InChI=1S/C12H16FN3O4S/c1-8-7-14-6-5-10(8)15-21(19,20)12-9(13)3-2-4-11(12)16(17)18/h2-4,8,10,14-15H,5-7H2,1H3. The molecular weight excluding hydrogens is 301 g/mol. The Bertz CT molecular complexity index is 650. The molecule has 1 saturated heterocycles. The first-order valence-corrected chi connectivity index (χ1v) is 7.97. The molecule has 0 aliphatic carbocycles. The van der Waals surface area contributed by atoms with Crippen LogP contribution in [0.3, 0.4) is 0 Å². The second-order valence-electron chi connectivity index (χ2n) is 5.04. The van der Waals surface area contributed by atoms with E-state index in [0.717, 1.165) is 18.2 Å². The zero-order chi connectivity index (χ0) is 15.6. The Balaban J connectivity index is 2.38. The molecule has 21 heavy (non-hydrogen) atoms. The van der Waals surface area contributed by atoms with Crippen molar-refractivity contribution in [3.8, 4) is 0 Å². The van der Waals surface area contributed by atoms with Gasteiger partial charge in [0.05, 0.1) is 4.92 Å². The van der Waals surface area contributed by atoms with Crippen molar-refractivity contribution in [2.24, 2.45) is 5.92 Å². The maximum atomic E-state index is 13.8. The van der Waals surface area contributed by atoms with Crippen molar-refractivity contribution in [1.29, 1.82) is 0 Å². The first kappa shape index (κ1) is 15.8. The first-order chi connectivity index (χ1) is 9.83. The molecule has 0 spiro atoms. The number of piperidine rings is 1. The lowest BCUT2D eigenvalue weighted by Gasteiger charge is -2.29. The molecule has 1 aliphatic rings. The number of hydrogen-bond donors (Lipinski definition) is 2. The van der Waals surface area contributed by atoms with Gasteiger partial charge in [-0.2, -0.15) is 0 Å². The highest BCUT2D eigenvalue weighted by Crippen LogP contribution is 2.27. The van der Waals surface area contributed by atoms with Gasteiger partial charge in [0.2, 0.25) is 0 Å². The number of nitrogens with one attached hydrogen (secondary N) is 2. The van der Waals surface area contributed by atoms with Crippen LogP contribution in [-0.2, 0) is 10.0 Å². The lowest BCUT2D eigenvalue weighted by Crippen LogP contribution is -2.48. The summed E-state index contributed by atoms with van der Waals surface area (Å²) < 4.78 is 40.8. The second kappa shape index (κ2) is 6.04. The van der Waals surface area contributed by atoms with E-state index in [9.17, 15) is 22.9 Å². The van der Waals surface area contributed by atoms with Gasteiger partial charge in [0.1, 0.15) is 5.82 Å². The van der Waals surface area contributed by atoms with Gasteiger partial charge in [-0.1, -0.05) is 13.0 Å². The van der Waals surface area contributed by atoms with Gasteiger partial charge in [-0.3, -0.25) is 10.1 Å². The van der Waals surface area contributed by atoms with E-state index in [4.69, 9.17) is 0 Å². The fraction of sp³-hybridized carbons (Fsp3) is 0.500. The molecule has 0 radical (unpaired) electrons. The van der Waals surface area contributed by atoms with Crippen molar-refractivity contribution in [1.82, 2.24) is 10.0 Å². The Morgan fingerprint density at radius 1 is 1.48 bits per heavy atom. The molecule has 1 fully saturated rings. The quantitative estimate of drug-likeness (QED) is 0.637. The highest BCUT2D eigenvalue weighted by Gasteiger charge is 2.33. The average molecular weight is 317 g/mol. The largest absolute Gasteiger partial charge is 0.316 e. The van der Waals surface area contributed by atoms with E-state index < -0.39 is 31.3 Å². The van der Waals surface area contributed by atoms with Gasteiger partial charge in [-0.15, -0.1) is 0 Å². The molecule has 0 aromatic heterocycles. The Kier molecular flexibility index (Phi) is 4.55. The van der Waals surface area contributed by atoms with Crippen LogP contribution < -0.4 is 10.0 Å². The van der Waals surface area contributed by atoms with Crippen LogP contribution in [0.5, 0.6) is 0 Å². The maximum Gasteiger partial charge on any atom is 0.292 e. The SMILES string of the molecule is CC1CNCCC1NS(=O)(=O)c1c(F)cccc1[N+](=O)[O-]. The summed E-state index contributed by atoms with van der Waals surface area (Å²) in [4.78, 5) is 9.11. The molecule has 1 aromatic rings. The summed E-state index contributed by atoms with van der Waals surface area (Å²) in [6.45, 7) is 3.12. The number of nitro benzene ring substituents is 1. The van der Waals surface area contributed by atoms with Crippen molar-refractivity contribution >= 4 is 15.7 Å². The number of sulfonamides is 1. The Labute approximate surface area is 121 Å². The van der Waals surface area contributed by atoms with Crippen LogP contribution in [0.4, 0.5) is 10.1 Å². The first-order valence-electron chi connectivity index (χ1n) is 6.49. The zero-order valence-electron chi connectivity index (χ0n) is 11.4. The second-order valence-corrected chi connectivity index (χ2v) is 6.69. The van der Waals surface area contributed by atoms with E-state index >= 15 is 0 Å². The van der Waals surface area contributed by atoms with E-state index in [1.165, 1.54) is 0 Å². The third-order valence-corrected chi connectivity index (χ3v) is 5.06. The lowest BCUT2D eigenvalue weighted by molar-refractivity contribution is -0.388. The number of nitrogens with zero attached hydrogens (tertiary/aromatic N) is 1. The molecule has 2 unspecified atom stereocenters. The molecule has 0 amide bonds.